The van der Waals surface area contributed by atoms with E-state index in [1.807, 2.05) is 0 Å². The minimum absolute atomic E-state index is 0.507. The summed E-state index contributed by atoms with van der Waals surface area (Å²) in [6.45, 7) is 2.22. The van der Waals surface area contributed by atoms with E-state index in [1.165, 1.54) is 6.34 Å². The first-order valence-electron chi connectivity index (χ1n) is 1.97. The van der Waals surface area contributed by atoms with E-state index in [0.29, 0.717) is 0 Å². The molecule has 1 atom stereocenters. The fraction of sp³-hybridized carbons (Fsp3) is 0.333. The first kappa shape index (κ1) is 5.02. The third-order valence-corrected chi connectivity index (χ3v) is 0.705. The van der Waals surface area contributed by atoms with Crippen LogP contribution in [0.5, 0.6) is 0 Å². The largest absolute Gasteiger partial charge is 0.316 e. The van der Waals surface area contributed by atoms with E-state index in [4.69, 9.17) is 0 Å². The Morgan fingerprint density at radius 2 is 2.75 bits per heavy atom. The minimum Gasteiger partial charge on any atom is -0.312 e. The summed E-state index contributed by atoms with van der Waals surface area (Å²) in [5, 5.41) is 12.2. The van der Waals surface area contributed by atoms with Gasteiger partial charge in [-0.2, -0.15) is 0 Å². The van der Waals surface area contributed by atoms with Crippen LogP contribution in [-0.2, 0) is 0 Å². The molecule has 0 aromatic rings. The van der Waals surface area contributed by atoms with Crippen molar-refractivity contribution in [2.45, 2.75) is 6.17 Å². The lowest BCUT2D eigenvalue weighted by Gasteiger charge is -1.95. The van der Waals surface area contributed by atoms with E-state index in [-0.39, 0.29) is 0 Å². The Balaban J connectivity index is 2.41. The highest BCUT2D eigenvalue weighted by molar-refractivity contribution is 5.58. The van der Waals surface area contributed by atoms with Crippen molar-refractivity contribution < 1.29 is 4.92 Å². The van der Waals surface area contributed by atoms with Gasteiger partial charge in [-0.15, -0.1) is 0 Å². The van der Waals surface area contributed by atoms with Crippen LogP contribution < -0.4 is 5.32 Å². The second-order valence-corrected chi connectivity index (χ2v) is 1.24. The van der Waals surface area contributed by atoms with Crippen LogP contribution in [0.25, 0.3) is 0 Å². The molecule has 5 heteroatoms. The maximum absolute atomic E-state index is 9.80. The standard InChI is InChI=1S/C3H3N3O2/c7-6(8)3-1-4-2-5-3/h2-3,5H. The zero-order chi connectivity index (χ0) is 5.98. The van der Waals surface area contributed by atoms with Crippen molar-refractivity contribution in [1.82, 2.24) is 5.32 Å². The van der Waals surface area contributed by atoms with Gasteiger partial charge in [0.1, 0.15) is 0 Å². The van der Waals surface area contributed by atoms with Crippen LogP contribution in [-0.4, -0.2) is 17.4 Å². The molecule has 0 aromatic heterocycles. The van der Waals surface area contributed by atoms with Crippen LogP contribution in [0.4, 0.5) is 0 Å². The zero-order valence-electron chi connectivity index (χ0n) is 3.87. The molecule has 0 saturated carbocycles. The van der Waals surface area contributed by atoms with E-state index in [2.05, 4.69) is 16.9 Å². The van der Waals surface area contributed by atoms with Crippen molar-refractivity contribution in [2.24, 2.45) is 4.99 Å². The lowest BCUT2D eigenvalue weighted by atomic mass is 10.5. The fourth-order valence-electron chi connectivity index (χ4n) is 0.361. The fourth-order valence-corrected chi connectivity index (χ4v) is 0.361. The van der Waals surface area contributed by atoms with Gasteiger partial charge in [0, 0.05) is 4.92 Å². The molecule has 1 aliphatic heterocycles. The Hall–Kier alpha value is -1.13. The highest BCUT2D eigenvalue weighted by Gasteiger charge is 2.22. The van der Waals surface area contributed by atoms with Gasteiger partial charge in [0.15, 0.2) is 0 Å². The third-order valence-electron chi connectivity index (χ3n) is 0.705. The highest BCUT2D eigenvalue weighted by atomic mass is 16.6. The van der Waals surface area contributed by atoms with Crippen LogP contribution in [0, 0.1) is 16.7 Å². The van der Waals surface area contributed by atoms with Gasteiger partial charge >= 0.3 is 6.17 Å². The summed E-state index contributed by atoms with van der Waals surface area (Å²) in [6, 6.07) is 0. The molecule has 0 bridgehead atoms. The Morgan fingerprint density at radius 1 is 2.00 bits per heavy atom. The lowest BCUT2D eigenvalue weighted by molar-refractivity contribution is -0.515. The van der Waals surface area contributed by atoms with E-state index >= 15 is 0 Å². The molecule has 5 nitrogen and oxygen atoms in total. The van der Waals surface area contributed by atoms with Crippen molar-refractivity contribution >= 4 is 6.34 Å². The third kappa shape index (κ3) is 0.749. The molecule has 0 aromatic carbocycles. The molecule has 42 valence electrons. The van der Waals surface area contributed by atoms with E-state index in [9.17, 15) is 10.1 Å². The minimum atomic E-state index is -0.935. The normalized spacial score (nSPS) is 25.2. The summed E-state index contributed by atoms with van der Waals surface area (Å²) >= 11 is 0. The molecule has 2 radical (unpaired) electrons. The highest BCUT2D eigenvalue weighted by Crippen LogP contribution is 1.95. The second kappa shape index (κ2) is 1.77. The molecule has 8 heavy (non-hydrogen) atoms. The first-order valence-corrected chi connectivity index (χ1v) is 1.97. The van der Waals surface area contributed by atoms with Crippen molar-refractivity contribution in [2.75, 3.05) is 0 Å². The maximum atomic E-state index is 9.80. The Morgan fingerprint density at radius 3 is 3.00 bits per heavy atom. The maximum Gasteiger partial charge on any atom is 0.316 e. The molecule has 1 unspecified atom stereocenters. The van der Waals surface area contributed by atoms with Crippen molar-refractivity contribution in [1.29, 1.82) is 0 Å². The van der Waals surface area contributed by atoms with E-state index in [1.54, 1.807) is 0 Å². The van der Waals surface area contributed by atoms with Crippen molar-refractivity contribution in [3.05, 3.63) is 16.7 Å². The molecule has 0 aliphatic carbocycles. The molecule has 1 aliphatic rings. The number of hydrogen-bond donors (Lipinski definition) is 1. The number of nitro groups is 1. The number of aliphatic imine (C=N–C) groups is 1. The molecule has 1 heterocycles. The Kier molecular flexibility index (Phi) is 1.11. The summed E-state index contributed by atoms with van der Waals surface area (Å²) in [4.78, 5) is 12.7. The SMILES string of the molecule is O=[N+]([O-])C1[C]N=CN1. The molecule has 0 amide bonds. The lowest BCUT2D eigenvalue weighted by Crippen LogP contribution is -2.30. The number of hydrogen-bond acceptors (Lipinski definition) is 4. The average molecular weight is 113 g/mol. The van der Waals surface area contributed by atoms with Crippen molar-refractivity contribution in [3.8, 4) is 0 Å². The summed E-state index contributed by atoms with van der Waals surface area (Å²) in [5.74, 6) is 0. The van der Waals surface area contributed by atoms with Crippen molar-refractivity contribution in [3.63, 3.8) is 0 Å². The molecule has 0 spiro atoms. The molecular formula is C3H3N3O2. The first-order chi connectivity index (χ1) is 3.80. The summed E-state index contributed by atoms with van der Waals surface area (Å²) < 4.78 is 0. The predicted molar refractivity (Wildman–Crippen MR) is 25.7 cm³/mol. The molecule has 1 N–H and O–H groups in total. The second-order valence-electron chi connectivity index (χ2n) is 1.24. The van der Waals surface area contributed by atoms with Gasteiger partial charge in [0.25, 0.3) is 0 Å². The Bertz CT molecular complexity index is 124. The molecule has 1 rings (SSSR count). The smallest absolute Gasteiger partial charge is 0.312 e. The topological polar surface area (TPSA) is 67.5 Å². The van der Waals surface area contributed by atoms with Gasteiger partial charge in [-0.05, 0) is 0 Å². The molecular weight excluding hydrogens is 110 g/mol. The zero-order valence-corrected chi connectivity index (χ0v) is 3.87. The van der Waals surface area contributed by atoms with Gasteiger partial charge in [0.2, 0.25) is 6.54 Å². The van der Waals surface area contributed by atoms with E-state index < -0.39 is 11.1 Å². The monoisotopic (exact) mass is 113 g/mol. The number of nitrogens with one attached hydrogen (secondary N) is 1. The summed E-state index contributed by atoms with van der Waals surface area (Å²) in [5.41, 5.74) is 0. The number of nitrogens with zero attached hydrogens (tertiary/aromatic N) is 2. The van der Waals surface area contributed by atoms with Crippen LogP contribution in [0.15, 0.2) is 4.99 Å². The molecule has 0 saturated heterocycles. The van der Waals surface area contributed by atoms with Gasteiger partial charge in [-0.1, -0.05) is 0 Å². The van der Waals surface area contributed by atoms with Crippen LogP contribution in [0.3, 0.4) is 0 Å². The predicted octanol–water partition coefficient (Wildman–Crippen LogP) is -0.741. The summed E-state index contributed by atoms with van der Waals surface area (Å²) in [6.07, 6.45) is 0.308. The van der Waals surface area contributed by atoms with Crippen LogP contribution >= 0.6 is 0 Å². The molecule has 0 fully saturated rings. The van der Waals surface area contributed by atoms with Crippen LogP contribution in [0.2, 0.25) is 0 Å². The van der Waals surface area contributed by atoms with Gasteiger partial charge in [-0.3, -0.25) is 15.1 Å². The Labute approximate surface area is 45.6 Å². The van der Waals surface area contributed by atoms with Gasteiger partial charge < -0.3 is 5.32 Å². The van der Waals surface area contributed by atoms with Gasteiger partial charge in [-0.25, -0.2) is 0 Å². The summed E-state index contributed by atoms with van der Waals surface area (Å²) in [7, 11) is 0. The van der Waals surface area contributed by atoms with Crippen LogP contribution in [0.1, 0.15) is 0 Å². The van der Waals surface area contributed by atoms with Gasteiger partial charge in [0.05, 0.1) is 6.34 Å². The van der Waals surface area contributed by atoms with E-state index in [0.717, 1.165) is 0 Å². The quantitative estimate of drug-likeness (QED) is 0.359. The number of rotatable bonds is 1. The average Bonchev–Trinajstić information content (AvgIpc) is 2.12.